The number of aliphatic carboxylic acids is 1. The molecule has 0 saturated carbocycles. The highest BCUT2D eigenvalue weighted by Gasteiger charge is 2.20. The summed E-state index contributed by atoms with van der Waals surface area (Å²) >= 11 is 0. The van der Waals surface area contributed by atoms with E-state index in [1.807, 2.05) is 12.2 Å². The molecule has 3 heteroatoms. The molecular formula is C20H28O3. The summed E-state index contributed by atoms with van der Waals surface area (Å²) in [5.74, 6) is -1.65. The fourth-order valence-electron chi connectivity index (χ4n) is 2.24. The highest BCUT2D eigenvalue weighted by atomic mass is 16.4. The summed E-state index contributed by atoms with van der Waals surface area (Å²) in [5.41, 5.74) is 0.625. The van der Waals surface area contributed by atoms with Crippen molar-refractivity contribution < 1.29 is 20.2 Å². The largest absolute Gasteiger partial charge is 0.481 e. The van der Waals surface area contributed by atoms with Gasteiger partial charge in [0.1, 0.15) is 0 Å². The van der Waals surface area contributed by atoms with Crippen molar-refractivity contribution in [2.75, 3.05) is 0 Å². The summed E-state index contributed by atoms with van der Waals surface area (Å²) < 4.78 is 30.9. The molecule has 0 aromatic rings. The maximum Gasteiger partial charge on any atom is 0.303 e. The van der Waals surface area contributed by atoms with Crippen LogP contribution in [0.2, 0.25) is 0 Å². The lowest BCUT2D eigenvalue weighted by Gasteiger charge is -2.06. The average molecular weight is 320 g/mol. The number of allylic oxidation sites excluding steroid dienone is 8. The molecule has 1 N–H and O–H groups in total. The van der Waals surface area contributed by atoms with Crippen LogP contribution in [0.25, 0.3) is 0 Å². The van der Waals surface area contributed by atoms with Gasteiger partial charge in [-0.2, -0.15) is 0 Å². The molecule has 0 radical (unpaired) electrons. The Morgan fingerprint density at radius 1 is 1.35 bits per heavy atom. The van der Waals surface area contributed by atoms with Crippen LogP contribution in [-0.4, -0.2) is 16.9 Å². The number of carboxylic acid groups (broad SMARTS) is 1. The second kappa shape index (κ2) is 11.6. The van der Waals surface area contributed by atoms with Crippen molar-refractivity contribution in [1.29, 1.82) is 0 Å². The number of hydrogen-bond donors (Lipinski definition) is 1. The molecule has 0 aromatic carbocycles. The molecule has 0 unspecified atom stereocenters. The minimum atomic E-state index is -2.52. The zero-order valence-electron chi connectivity index (χ0n) is 17.6. The molecule has 1 aliphatic carbocycles. The number of carboxylic acids is 1. The van der Waals surface area contributed by atoms with Gasteiger partial charge in [0.25, 0.3) is 0 Å². The highest BCUT2D eigenvalue weighted by molar-refractivity contribution is 6.07. The van der Waals surface area contributed by atoms with Crippen molar-refractivity contribution in [3.63, 3.8) is 0 Å². The second-order valence-corrected chi connectivity index (χ2v) is 5.41. The van der Waals surface area contributed by atoms with Crippen molar-refractivity contribution in [2.24, 2.45) is 5.92 Å². The Bertz CT molecular complexity index is 646. The molecule has 0 fully saturated rings. The van der Waals surface area contributed by atoms with Crippen LogP contribution in [0, 0.1) is 5.92 Å². The number of carbonyl (C=O) groups excluding carboxylic acids is 1. The predicted octanol–water partition coefficient (Wildman–Crippen LogP) is 5.01. The summed E-state index contributed by atoms with van der Waals surface area (Å²) in [4.78, 5) is 22.7. The first-order valence-corrected chi connectivity index (χ1v) is 8.09. The molecule has 0 aromatic heterocycles. The van der Waals surface area contributed by atoms with Crippen LogP contribution in [0.1, 0.15) is 63.7 Å². The van der Waals surface area contributed by atoms with Crippen LogP contribution in [0.15, 0.2) is 48.1 Å². The molecular weight excluding hydrogens is 288 g/mol. The molecule has 0 spiro atoms. The first-order valence-electron chi connectivity index (χ1n) is 10.1. The second-order valence-electron chi connectivity index (χ2n) is 5.41. The molecule has 23 heavy (non-hydrogen) atoms. The SMILES string of the molecule is [2H]C([2H])(/C=C\C[C@H]1C=CC(=O)/C1=C/C=C/CCCCC)C([2H])([2H])CC(=O)O. The van der Waals surface area contributed by atoms with E-state index in [0.29, 0.717) is 12.0 Å². The van der Waals surface area contributed by atoms with E-state index in [-0.39, 0.29) is 11.7 Å². The minimum Gasteiger partial charge on any atom is -0.481 e. The van der Waals surface area contributed by atoms with Gasteiger partial charge in [-0.15, -0.1) is 0 Å². The molecule has 3 nitrogen and oxygen atoms in total. The summed E-state index contributed by atoms with van der Waals surface area (Å²) in [6.45, 7) is 2.14. The third-order valence-electron chi connectivity index (χ3n) is 3.48. The Morgan fingerprint density at radius 2 is 2.17 bits per heavy atom. The number of rotatable bonds is 11. The van der Waals surface area contributed by atoms with Crippen LogP contribution in [-0.2, 0) is 9.59 Å². The van der Waals surface area contributed by atoms with E-state index in [1.54, 1.807) is 12.2 Å². The quantitative estimate of drug-likeness (QED) is 0.331. The highest BCUT2D eigenvalue weighted by Crippen LogP contribution is 2.25. The van der Waals surface area contributed by atoms with Gasteiger partial charge in [0.15, 0.2) is 5.78 Å². The number of ketones is 1. The Morgan fingerprint density at radius 3 is 2.91 bits per heavy atom. The molecule has 1 atom stereocenters. The summed E-state index contributed by atoms with van der Waals surface area (Å²) in [6, 6.07) is 0. The molecule has 126 valence electrons. The fourth-order valence-corrected chi connectivity index (χ4v) is 2.24. The number of hydrogen-bond acceptors (Lipinski definition) is 2. The van der Waals surface area contributed by atoms with Gasteiger partial charge in [0.05, 0.1) is 0 Å². The van der Waals surface area contributed by atoms with E-state index in [0.717, 1.165) is 25.3 Å². The Labute approximate surface area is 145 Å². The lowest BCUT2D eigenvalue weighted by atomic mass is 9.97. The van der Waals surface area contributed by atoms with Gasteiger partial charge in [0, 0.05) is 23.4 Å². The van der Waals surface area contributed by atoms with E-state index < -0.39 is 25.1 Å². The Hall–Kier alpha value is -1.90. The summed E-state index contributed by atoms with van der Waals surface area (Å²) in [6.07, 6.45) is 10.4. The van der Waals surface area contributed by atoms with Gasteiger partial charge in [-0.25, -0.2) is 0 Å². The first-order chi connectivity index (χ1) is 12.6. The maximum absolute atomic E-state index is 12.0. The Kier molecular flexibility index (Phi) is 6.85. The van der Waals surface area contributed by atoms with Gasteiger partial charge in [-0.3, -0.25) is 9.59 Å². The van der Waals surface area contributed by atoms with Crippen LogP contribution in [0.5, 0.6) is 0 Å². The van der Waals surface area contributed by atoms with Crippen molar-refractivity contribution in [3.05, 3.63) is 48.1 Å². The van der Waals surface area contributed by atoms with Gasteiger partial charge < -0.3 is 5.11 Å². The summed E-state index contributed by atoms with van der Waals surface area (Å²) in [7, 11) is 0. The zero-order chi connectivity index (χ0) is 20.5. The van der Waals surface area contributed by atoms with Crippen molar-refractivity contribution in [1.82, 2.24) is 0 Å². The molecule has 0 heterocycles. The molecule has 0 bridgehead atoms. The third-order valence-corrected chi connectivity index (χ3v) is 3.48. The first kappa shape index (κ1) is 13.5. The minimum absolute atomic E-state index is 0.0733. The number of carbonyl (C=O) groups is 2. The van der Waals surface area contributed by atoms with Crippen LogP contribution in [0.3, 0.4) is 0 Å². The molecule has 0 amide bonds. The van der Waals surface area contributed by atoms with E-state index in [4.69, 9.17) is 10.6 Å². The topological polar surface area (TPSA) is 54.4 Å². The third kappa shape index (κ3) is 8.34. The molecule has 1 rings (SSSR count). The van der Waals surface area contributed by atoms with E-state index in [9.17, 15) is 9.59 Å². The smallest absolute Gasteiger partial charge is 0.303 e. The summed E-state index contributed by atoms with van der Waals surface area (Å²) in [5, 5.41) is 8.73. The molecule has 0 saturated heterocycles. The van der Waals surface area contributed by atoms with Crippen LogP contribution in [0.4, 0.5) is 0 Å². The van der Waals surface area contributed by atoms with E-state index in [2.05, 4.69) is 6.92 Å². The van der Waals surface area contributed by atoms with Crippen molar-refractivity contribution >= 4 is 11.8 Å². The lowest BCUT2D eigenvalue weighted by Crippen LogP contribution is -2.01. The Balaban J connectivity index is 2.70. The predicted molar refractivity (Wildman–Crippen MR) is 94.2 cm³/mol. The van der Waals surface area contributed by atoms with E-state index >= 15 is 0 Å². The lowest BCUT2D eigenvalue weighted by molar-refractivity contribution is -0.137. The molecule has 0 aliphatic heterocycles. The van der Waals surface area contributed by atoms with Crippen molar-refractivity contribution in [3.8, 4) is 0 Å². The van der Waals surface area contributed by atoms with Crippen LogP contribution < -0.4 is 0 Å². The molecule has 1 aliphatic rings. The fraction of sp³-hybridized carbons (Fsp3) is 0.500. The standard InChI is InChI=1S/C20H28O3/c1-2-3-4-5-6-10-13-18-17(15-16-19(18)21)12-9-7-8-11-14-20(22)23/h6-7,9-10,13,15-17H,2-5,8,11-12,14H2,1H3,(H,22,23)/b9-7-,10-6+,18-13+/t17-/m0/s1/i8D2,11D2. The van der Waals surface area contributed by atoms with Gasteiger partial charge in [-0.05, 0) is 38.1 Å². The van der Waals surface area contributed by atoms with Gasteiger partial charge in [0.2, 0.25) is 0 Å². The average Bonchev–Trinajstić information content (AvgIpc) is 2.89. The monoisotopic (exact) mass is 320 g/mol. The van der Waals surface area contributed by atoms with Gasteiger partial charge in [-0.1, -0.05) is 56.2 Å². The van der Waals surface area contributed by atoms with E-state index in [1.165, 1.54) is 18.6 Å². The normalized spacial score (nSPS) is 23.4. The number of unbranched alkanes of at least 4 members (excludes halogenated alkanes) is 3. The van der Waals surface area contributed by atoms with Gasteiger partial charge >= 0.3 is 5.97 Å². The maximum atomic E-state index is 12.0. The van der Waals surface area contributed by atoms with Crippen LogP contribution >= 0.6 is 0 Å². The zero-order valence-corrected chi connectivity index (χ0v) is 13.6. The van der Waals surface area contributed by atoms with Crippen molar-refractivity contribution in [2.45, 2.75) is 58.2 Å².